The molecule has 2 aromatic carbocycles. The zero-order valence-corrected chi connectivity index (χ0v) is 20.6. The zero-order chi connectivity index (χ0) is 25.0. The summed E-state index contributed by atoms with van der Waals surface area (Å²) < 4.78 is 12.0. The number of amides is 1. The van der Waals surface area contributed by atoms with Gasteiger partial charge < -0.3 is 14.6 Å². The van der Waals surface area contributed by atoms with Gasteiger partial charge in [-0.05, 0) is 70.0 Å². The van der Waals surface area contributed by atoms with Gasteiger partial charge in [-0.3, -0.25) is 9.98 Å². The van der Waals surface area contributed by atoms with Crippen LogP contribution in [0.1, 0.15) is 49.9 Å². The maximum absolute atomic E-state index is 12.2. The standard InChI is InChI=1S/C28H29N3O4/c1-27(2)14-18-13-22(34-5)25-21(15-28(3,4)35-25)23(18)24(30-27)17-8-6-9-19(12-17)31(26(32)33)20-10-7-11-29-16-20/h6-13,16H,14-15H2,1-5H3,(H,32,33). The molecule has 0 radical (unpaired) electrons. The first-order chi connectivity index (χ1) is 16.6. The fourth-order valence-electron chi connectivity index (χ4n) is 5.08. The molecule has 0 atom stereocenters. The van der Waals surface area contributed by atoms with Crippen molar-refractivity contribution >= 4 is 23.2 Å². The van der Waals surface area contributed by atoms with Crippen LogP contribution in [-0.4, -0.2) is 40.1 Å². The van der Waals surface area contributed by atoms with Crippen molar-refractivity contribution in [3.05, 3.63) is 77.1 Å². The SMILES string of the molecule is COc1cc2c(c3c1OC(C)(C)C3)C(c1cccc(N(C(=O)O)c3cccnc3)c1)=NC(C)(C)C2. The lowest BCUT2D eigenvalue weighted by Crippen LogP contribution is -2.31. The van der Waals surface area contributed by atoms with Gasteiger partial charge in [0, 0.05) is 29.3 Å². The summed E-state index contributed by atoms with van der Waals surface area (Å²) in [5, 5.41) is 10.0. The molecule has 0 spiro atoms. The second kappa shape index (κ2) is 8.12. The summed E-state index contributed by atoms with van der Waals surface area (Å²) in [6.07, 6.45) is 3.58. The van der Waals surface area contributed by atoms with Crippen LogP contribution in [0.25, 0.3) is 0 Å². The van der Waals surface area contributed by atoms with E-state index < -0.39 is 6.09 Å². The van der Waals surface area contributed by atoms with Crippen LogP contribution in [0.3, 0.4) is 0 Å². The van der Waals surface area contributed by atoms with Crippen molar-refractivity contribution < 1.29 is 19.4 Å². The van der Waals surface area contributed by atoms with E-state index in [9.17, 15) is 9.90 Å². The van der Waals surface area contributed by atoms with Gasteiger partial charge in [0.1, 0.15) is 5.60 Å². The second-order valence-corrected chi connectivity index (χ2v) is 10.3. The number of benzene rings is 2. The van der Waals surface area contributed by atoms with E-state index in [2.05, 4.69) is 38.7 Å². The summed E-state index contributed by atoms with van der Waals surface area (Å²) >= 11 is 0. The molecule has 2 aliphatic heterocycles. The van der Waals surface area contributed by atoms with Gasteiger partial charge in [0.2, 0.25) is 0 Å². The van der Waals surface area contributed by atoms with Crippen LogP contribution < -0.4 is 14.4 Å². The van der Waals surface area contributed by atoms with Gasteiger partial charge in [0.05, 0.1) is 35.9 Å². The van der Waals surface area contributed by atoms with Crippen molar-refractivity contribution in [1.29, 1.82) is 0 Å². The molecule has 7 nitrogen and oxygen atoms in total. The topological polar surface area (TPSA) is 84.2 Å². The monoisotopic (exact) mass is 471 g/mol. The van der Waals surface area contributed by atoms with Crippen molar-refractivity contribution in [2.45, 2.75) is 51.7 Å². The molecule has 1 amide bonds. The molecule has 3 heterocycles. The number of anilines is 2. The molecule has 0 fully saturated rings. The molecule has 180 valence electrons. The highest BCUT2D eigenvalue weighted by atomic mass is 16.5. The summed E-state index contributed by atoms with van der Waals surface area (Å²) in [6.45, 7) is 8.36. The Kier molecular flexibility index (Phi) is 5.31. The van der Waals surface area contributed by atoms with E-state index in [4.69, 9.17) is 14.5 Å². The highest BCUT2D eigenvalue weighted by Gasteiger charge is 2.39. The van der Waals surface area contributed by atoms with Gasteiger partial charge in [-0.1, -0.05) is 12.1 Å². The molecule has 0 saturated carbocycles. The molecular formula is C28H29N3O4. The molecule has 2 aliphatic rings. The molecular weight excluding hydrogens is 442 g/mol. The van der Waals surface area contributed by atoms with E-state index in [-0.39, 0.29) is 11.1 Å². The largest absolute Gasteiger partial charge is 0.493 e. The Morgan fingerprint density at radius 1 is 1.09 bits per heavy atom. The molecule has 5 rings (SSSR count). The number of ether oxygens (including phenoxy) is 2. The minimum Gasteiger partial charge on any atom is -0.493 e. The Labute approximate surface area is 205 Å². The minimum absolute atomic E-state index is 0.331. The summed E-state index contributed by atoms with van der Waals surface area (Å²) in [5.41, 5.74) is 5.32. The Bertz CT molecular complexity index is 1350. The van der Waals surface area contributed by atoms with E-state index in [1.54, 1.807) is 31.5 Å². The van der Waals surface area contributed by atoms with Gasteiger partial charge in [0.15, 0.2) is 11.5 Å². The van der Waals surface area contributed by atoms with Crippen LogP contribution in [0.2, 0.25) is 0 Å². The number of hydrogen-bond donors (Lipinski definition) is 1. The number of fused-ring (bicyclic) bond motifs is 3. The summed E-state index contributed by atoms with van der Waals surface area (Å²) in [4.78, 5) is 22.7. The van der Waals surface area contributed by atoms with Crippen molar-refractivity contribution in [2.24, 2.45) is 4.99 Å². The number of aliphatic imine (C=N–C) groups is 1. The smallest absolute Gasteiger partial charge is 0.416 e. The summed E-state index contributed by atoms with van der Waals surface area (Å²) in [7, 11) is 1.67. The second-order valence-electron chi connectivity index (χ2n) is 10.3. The number of pyridine rings is 1. The van der Waals surface area contributed by atoms with E-state index in [0.717, 1.165) is 52.3 Å². The Morgan fingerprint density at radius 2 is 1.86 bits per heavy atom. The zero-order valence-electron chi connectivity index (χ0n) is 20.6. The predicted molar refractivity (Wildman–Crippen MR) is 136 cm³/mol. The third-order valence-electron chi connectivity index (χ3n) is 6.37. The number of carbonyl (C=O) groups is 1. The number of nitrogens with zero attached hydrogens (tertiary/aromatic N) is 3. The third-order valence-corrected chi connectivity index (χ3v) is 6.37. The molecule has 7 heteroatoms. The fourth-order valence-corrected chi connectivity index (χ4v) is 5.08. The summed E-state index contributed by atoms with van der Waals surface area (Å²) in [6, 6.07) is 13.0. The van der Waals surface area contributed by atoms with E-state index in [1.807, 2.05) is 18.2 Å². The van der Waals surface area contributed by atoms with Gasteiger partial charge in [-0.25, -0.2) is 9.69 Å². The average molecular weight is 472 g/mol. The van der Waals surface area contributed by atoms with Gasteiger partial charge in [0.25, 0.3) is 0 Å². The third kappa shape index (κ3) is 4.11. The first-order valence-corrected chi connectivity index (χ1v) is 11.6. The lowest BCUT2D eigenvalue weighted by molar-refractivity contribution is 0.134. The van der Waals surface area contributed by atoms with Crippen LogP contribution >= 0.6 is 0 Å². The summed E-state index contributed by atoms with van der Waals surface area (Å²) in [5.74, 6) is 1.51. The van der Waals surface area contributed by atoms with Gasteiger partial charge in [-0.2, -0.15) is 0 Å². The molecule has 0 saturated heterocycles. The van der Waals surface area contributed by atoms with Crippen LogP contribution in [0, 0.1) is 0 Å². The van der Waals surface area contributed by atoms with Crippen LogP contribution in [-0.2, 0) is 12.8 Å². The van der Waals surface area contributed by atoms with Crippen molar-refractivity contribution in [2.75, 3.05) is 12.0 Å². The number of rotatable bonds is 4. The maximum Gasteiger partial charge on any atom is 0.416 e. The first kappa shape index (κ1) is 22.9. The first-order valence-electron chi connectivity index (χ1n) is 11.6. The molecule has 3 aromatic rings. The lowest BCUT2D eigenvalue weighted by atomic mass is 9.81. The molecule has 0 aliphatic carbocycles. The maximum atomic E-state index is 12.2. The molecule has 35 heavy (non-hydrogen) atoms. The van der Waals surface area contributed by atoms with E-state index in [0.29, 0.717) is 11.4 Å². The average Bonchev–Trinajstić information content (AvgIpc) is 3.13. The highest BCUT2D eigenvalue weighted by Crippen LogP contribution is 2.48. The molecule has 0 unspecified atom stereocenters. The number of hydrogen-bond acceptors (Lipinski definition) is 5. The van der Waals surface area contributed by atoms with Crippen molar-refractivity contribution in [3.63, 3.8) is 0 Å². The predicted octanol–water partition coefficient (Wildman–Crippen LogP) is 5.79. The van der Waals surface area contributed by atoms with Crippen LogP contribution in [0.4, 0.5) is 16.2 Å². The molecule has 1 N–H and O–H groups in total. The van der Waals surface area contributed by atoms with Gasteiger partial charge >= 0.3 is 6.09 Å². The van der Waals surface area contributed by atoms with Crippen molar-refractivity contribution in [1.82, 2.24) is 4.98 Å². The van der Waals surface area contributed by atoms with Crippen LogP contribution in [0.15, 0.2) is 59.9 Å². The van der Waals surface area contributed by atoms with E-state index >= 15 is 0 Å². The lowest BCUT2D eigenvalue weighted by Gasteiger charge is -2.31. The van der Waals surface area contributed by atoms with Crippen LogP contribution in [0.5, 0.6) is 11.5 Å². The highest BCUT2D eigenvalue weighted by molar-refractivity contribution is 6.16. The Morgan fingerprint density at radius 3 is 2.54 bits per heavy atom. The van der Waals surface area contributed by atoms with Crippen molar-refractivity contribution in [3.8, 4) is 11.5 Å². The van der Waals surface area contributed by atoms with E-state index in [1.165, 1.54) is 11.1 Å². The van der Waals surface area contributed by atoms with Gasteiger partial charge in [-0.15, -0.1) is 0 Å². The fraction of sp³-hybridized carbons (Fsp3) is 0.321. The minimum atomic E-state index is -1.08. The number of methoxy groups -OCH3 is 1. The normalized spacial score (nSPS) is 17.0. The Balaban J connectivity index is 1.69. The number of aromatic nitrogens is 1. The molecule has 1 aromatic heterocycles. The number of carboxylic acid groups (broad SMARTS) is 1. The molecule has 0 bridgehead atoms. The quantitative estimate of drug-likeness (QED) is 0.520. The Hall–Kier alpha value is -3.87.